The highest BCUT2D eigenvalue weighted by Gasteiger charge is 2.28. The number of rotatable bonds is 31. The lowest BCUT2D eigenvalue weighted by Crippen LogP contribution is -2.51. The maximum Gasteiger partial charge on any atom is 0.217 e. The Bertz CT molecular complexity index is 5760. The quantitative estimate of drug-likeness (QED) is 0.0341. The summed E-state index contributed by atoms with van der Waals surface area (Å²) in [6.07, 6.45) is 2.97. The molecule has 0 amide bonds. The molecule has 32 heteroatoms. The van der Waals surface area contributed by atoms with Gasteiger partial charge in [-0.3, -0.25) is 14.7 Å². The largest absolute Gasteiger partial charge is 0.491 e. The lowest BCUT2D eigenvalue weighted by molar-refractivity contribution is -0.00412. The van der Waals surface area contributed by atoms with Crippen LogP contribution < -0.4 is 58.0 Å². The van der Waals surface area contributed by atoms with Crippen molar-refractivity contribution in [3.8, 4) is 75.1 Å². The monoisotopic (exact) mass is 1920 g/mol. The minimum atomic E-state index is -0.377. The van der Waals surface area contributed by atoms with Crippen LogP contribution in [0.4, 0.5) is 10.9 Å². The van der Waals surface area contributed by atoms with Gasteiger partial charge >= 0.3 is 0 Å². The molecule has 27 nitrogen and oxygen atoms in total. The van der Waals surface area contributed by atoms with Crippen molar-refractivity contribution in [1.82, 2.24) is 59.3 Å². The Morgan fingerprint density at radius 2 is 0.925 bits per heavy atom. The Hall–Kier alpha value is -9.53. The molecule has 0 aliphatic carbocycles. The Morgan fingerprint density at radius 1 is 0.466 bits per heavy atom. The van der Waals surface area contributed by atoms with Crippen molar-refractivity contribution in [3.63, 3.8) is 0 Å². The summed E-state index contributed by atoms with van der Waals surface area (Å²) in [5.74, 6) is 8.11. The summed E-state index contributed by atoms with van der Waals surface area (Å²) in [6, 6.07) is 38.6. The van der Waals surface area contributed by atoms with Gasteiger partial charge in [0, 0.05) is 153 Å². The van der Waals surface area contributed by atoms with Gasteiger partial charge in [-0.1, -0.05) is 72.0 Å². The van der Waals surface area contributed by atoms with E-state index in [-0.39, 0.29) is 41.5 Å². The number of methoxy groups -OCH3 is 1. The SMILES string of the molecule is C.CC(C)(C)Oc1cc(OCCN2CC(O)C2)nc2c(Cl)cccc12.CC(C)(C)Oc1cc(OCCN2CCC2)nc2c(Cl)cccc12.CC(C)Nc1nc(-c2cc(OC(C)(C)C)c3ccc(OCCN4CCOCC4)c(Cl)c3n2)cs1.CN(C)CCOc1cc(OC(C)(C)C)c2cccc(Cl)c2n1.COCCOc1ccc2c(OC(C)(C)C)cc(-n3ccc(NC(C)C)n3)nc2c1. The summed E-state index contributed by atoms with van der Waals surface area (Å²) in [7, 11) is 5.66. The molecular formula is C101H136Cl4N14O13S. The molecule has 3 N–H and O–H groups in total. The molecule has 3 saturated heterocycles. The normalized spacial score (nSPS) is 14.0. The molecule has 10 heterocycles. The van der Waals surface area contributed by atoms with Crippen LogP contribution >= 0.6 is 57.7 Å². The highest BCUT2D eigenvalue weighted by molar-refractivity contribution is 7.14. The minimum Gasteiger partial charge on any atom is -0.491 e. The second-order valence-corrected chi connectivity index (χ2v) is 40.6. The molecule has 722 valence electrons. The topological polar surface area (TPSA) is 263 Å². The number of pyridine rings is 5. The molecule has 0 spiro atoms. The average molecular weight is 1930 g/mol. The third-order valence-electron chi connectivity index (χ3n) is 19.6. The zero-order valence-corrected chi connectivity index (χ0v) is 84.3. The van der Waals surface area contributed by atoms with Gasteiger partial charge in [0.25, 0.3) is 0 Å². The number of halogens is 4. The number of morpholine rings is 1. The van der Waals surface area contributed by atoms with Crippen LogP contribution in [0, 0.1) is 0 Å². The van der Waals surface area contributed by atoms with Gasteiger partial charge in [0.2, 0.25) is 17.6 Å². The molecular weight excluding hydrogens is 1790 g/mol. The molecule has 0 unspecified atom stereocenters. The summed E-state index contributed by atoms with van der Waals surface area (Å²) in [6.45, 7) is 52.3. The summed E-state index contributed by atoms with van der Waals surface area (Å²) < 4.78 is 72.1. The zero-order chi connectivity index (χ0) is 95.4. The summed E-state index contributed by atoms with van der Waals surface area (Å²) in [5.41, 5.74) is 3.36. The van der Waals surface area contributed by atoms with Gasteiger partial charge in [0.1, 0.15) is 118 Å². The highest BCUT2D eigenvalue weighted by Crippen LogP contribution is 2.43. The van der Waals surface area contributed by atoms with Gasteiger partial charge < -0.3 is 77.5 Å². The van der Waals surface area contributed by atoms with Crippen LogP contribution in [0.25, 0.3) is 71.7 Å². The molecule has 12 aromatic rings. The molecule has 7 aromatic heterocycles. The van der Waals surface area contributed by atoms with E-state index < -0.39 is 0 Å². The number of aromatic nitrogens is 8. The average Bonchev–Trinajstić information content (AvgIpc) is 1.71. The lowest BCUT2D eigenvalue weighted by atomic mass is 10.1. The smallest absolute Gasteiger partial charge is 0.217 e. The van der Waals surface area contributed by atoms with E-state index in [0.717, 1.165) is 136 Å². The third-order valence-corrected chi connectivity index (χ3v) is 21.7. The molecule has 0 atom stereocenters. The molecule has 0 saturated carbocycles. The number of aliphatic hydroxyl groups is 1. The van der Waals surface area contributed by atoms with Crippen LogP contribution in [0.3, 0.4) is 0 Å². The Labute approximate surface area is 809 Å². The number of hydrogen-bond donors (Lipinski definition) is 3. The second kappa shape index (κ2) is 47.8. The fourth-order valence-electron chi connectivity index (χ4n) is 13.7. The molecule has 3 fully saturated rings. The van der Waals surface area contributed by atoms with E-state index in [2.05, 4.69) is 78.0 Å². The Balaban J connectivity index is 0.000000174. The van der Waals surface area contributed by atoms with Crippen molar-refractivity contribution < 1.29 is 61.9 Å². The second-order valence-electron chi connectivity index (χ2n) is 38.2. The molecule has 0 bridgehead atoms. The van der Waals surface area contributed by atoms with Crippen molar-refractivity contribution >= 4 is 123 Å². The predicted molar refractivity (Wildman–Crippen MR) is 542 cm³/mol. The Kier molecular flexibility index (Phi) is 37.9. The molecule has 15 rings (SSSR count). The first-order valence-electron chi connectivity index (χ1n) is 45.0. The standard InChI is InChI=1S/C25H33ClN4O3S.C22H30N4O3.C18H23ClN2O3.C18H23ClN2O2.C17H23ClN2O2.CH4/c1-16(2)27-24-29-19(15-34-24)18-14-21(33-25(3,4)5)17-6-7-20(22(26)23(17)28-18)32-13-10-30-8-11-31-12-9-30;1-15(2)23-20-9-10-26(25-20)21-14-19(29-22(3,4)5)17-8-7-16(13-18(17)24-21)28-12-11-27-6;1-18(2,3)24-15-9-16(23-8-7-21-10-12(22)11-21)20-17-13(15)5-4-6-14(17)19;1-18(2,3)23-15-12-16(22-11-10-21-8-5-9-21)20-17-13(15)6-4-7-14(17)19;1-17(2,3)22-14-11-15(21-10-9-20(4)5)19-16-12(14)7-6-8-13(16)18;/h6-7,14-16H,8-13H2,1-5H3,(H,27,29);7-10,13-15H,11-12H2,1-6H3,(H,23,25);4-6,9,12,22H,7-8,10-11H2,1-3H3;4,6-7,12H,5,8-11H2,1-3H3;6-8,11H,9-10H2,1-5H3;1H4. The van der Waals surface area contributed by atoms with Crippen molar-refractivity contribution in [2.24, 2.45) is 0 Å². The molecule has 5 aromatic carbocycles. The van der Waals surface area contributed by atoms with E-state index in [0.29, 0.717) is 142 Å². The van der Waals surface area contributed by atoms with Gasteiger partial charge in [-0.25, -0.2) is 34.6 Å². The fraction of sp³-hybridized carbons (Fsp3) is 0.495. The van der Waals surface area contributed by atoms with Crippen LogP contribution in [0.2, 0.25) is 20.1 Å². The number of fused-ring (bicyclic) bond motifs is 5. The zero-order valence-electron chi connectivity index (χ0n) is 80.5. The van der Waals surface area contributed by atoms with E-state index in [1.54, 1.807) is 23.1 Å². The first-order valence-corrected chi connectivity index (χ1v) is 47.4. The molecule has 0 radical (unpaired) electrons. The summed E-state index contributed by atoms with van der Waals surface area (Å²) in [4.78, 5) is 36.9. The van der Waals surface area contributed by atoms with Gasteiger partial charge in [-0.15, -0.1) is 16.4 Å². The third kappa shape index (κ3) is 32.9. The van der Waals surface area contributed by atoms with Crippen LogP contribution in [0.1, 0.15) is 145 Å². The summed E-state index contributed by atoms with van der Waals surface area (Å²) in [5, 5.41) is 30.1. The number of hydrogen-bond acceptors (Lipinski definition) is 27. The molecule has 3 aliphatic rings. The number of para-hydroxylation sites is 3. The maximum atomic E-state index is 9.30. The predicted octanol–water partition coefficient (Wildman–Crippen LogP) is 22.1. The van der Waals surface area contributed by atoms with Gasteiger partial charge in [0.15, 0.2) is 10.9 Å². The van der Waals surface area contributed by atoms with Gasteiger partial charge in [-0.05, 0) is 226 Å². The number of nitrogens with zero attached hydrogens (tertiary/aromatic N) is 12. The number of β-amino-alcohol motifs (C(OH)–C–C–N with tert-alkyl or cyclic N) is 1. The molecule has 133 heavy (non-hydrogen) atoms. The van der Waals surface area contributed by atoms with Crippen molar-refractivity contribution in [3.05, 3.63) is 153 Å². The van der Waals surface area contributed by atoms with Crippen LogP contribution in [-0.2, 0) is 9.47 Å². The molecule has 3 aliphatic heterocycles. The van der Waals surface area contributed by atoms with Gasteiger partial charge in [-0.2, -0.15) is 0 Å². The van der Waals surface area contributed by atoms with E-state index >= 15 is 0 Å². The van der Waals surface area contributed by atoms with E-state index in [1.165, 1.54) is 19.5 Å². The van der Waals surface area contributed by atoms with Crippen molar-refractivity contribution in [2.45, 2.75) is 192 Å². The first kappa shape index (κ1) is 106. The van der Waals surface area contributed by atoms with Crippen LogP contribution in [-0.4, -0.2) is 250 Å². The number of aliphatic hydroxyl groups excluding tert-OH is 1. The Morgan fingerprint density at radius 3 is 1.39 bits per heavy atom. The fourth-order valence-corrected chi connectivity index (χ4v) is 15.5. The number of thiazole rings is 1. The number of ether oxygens (including phenoxy) is 12. The van der Waals surface area contributed by atoms with Crippen LogP contribution in [0.5, 0.6) is 57.9 Å². The number of benzene rings is 5. The number of likely N-dealkylation sites (N-methyl/N-ethyl adjacent to an activating group) is 1. The number of nitrogens with one attached hydrogen (secondary N) is 2. The van der Waals surface area contributed by atoms with Crippen molar-refractivity contribution in [1.29, 1.82) is 0 Å². The van der Waals surface area contributed by atoms with Crippen LogP contribution in [0.15, 0.2) is 133 Å². The van der Waals surface area contributed by atoms with E-state index in [4.69, 9.17) is 118 Å². The van der Waals surface area contributed by atoms with Crippen molar-refractivity contribution in [2.75, 3.05) is 150 Å². The first-order chi connectivity index (χ1) is 62.4. The summed E-state index contributed by atoms with van der Waals surface area (Å²) >= 11 is 27.3. The number of anilines is 2. The lowest BCUT2D eigenvalue weighted by Gasteiger charge is -2.35. The maximum absolute atomic E-state index is 9.30. The van der Waals surface area contributed by atoms with E-state index in [9.17, 15) is 5.11 Å². The van der Waals surface area contributed by atoms with E-state index in [1.807, 2.05) is 251 Å². The minimum absolute atomic E-state index is 0. The highest BCUT2D eigenvalue weighted by atomic mass is 35.5. The number of likely N-dealkylation sites (tertiary alicyclic amines) is 2. The van der Waals surface area contributed by atoms with Gasteiger partial charge in [0.05, 0.1) is 74.3 Å².